The van der Waals surface area contributed by atoms with E-state index in [-0.39, 0.29) is 27.5 Å². The quantitative estimate of drug-likeness (QED) is 0.376. The Balaban J connectivity index is 2.96. The molecule has 8 nitrogen and oxygen atoms in total. The van der Waals surface area contributed by atoms with Gasteiger partial charge in [0.15, 0.2) is 0 Å². The summed E-state index contributed by atoms with van der Waals surface area (Å²) in [6.45, 7) is 6.35. The minimum Gasteiger partial charge on any atom is -0.480 e. The Bertz CT molecular complexity index is 748. The highest BCUT2D eigenvalue weighted by molar-refractivity contribution is 7.99. The third kappa shape index (κ3) is 6.31. The number of aliphatic carboxylic acids is 1. The molecule has 1 amide bonds. The first-order chi connectivity index (χ1) is 12.4. The van der Waals surface area contributed by atoms with Crippen LogP contribution in [0, 0.1) is 12.7 Å². The number of halogens is 1. The smallest absolute Gasteiger partial charge is 0.408 e. The van der Waals surface area contributed by atoms with Crippen LogP contribution in [-0.2, 0) is 14.3 Å². The molecule has 1 rings (SSSR count). The first-order valence-electron chi connectivity index (χ1n) is 7.89. The Labute approximate surface area is 160 Å². The summed E-state index contributed by atoms with van der Waals surface area (Å²) in [7, 11) is 1.12. The number of hydrogen-bond acceptors (Lipinski definition) is 7. The first kappa shape index (κ1) is 22.6. The third-order valence-electron chi connectivity index (χ3n) is 3.26. The molecule has 1 aromatic rings. The number of rotatable bonds is 6. The fourth-order valence-corrected chi connectivity index (χ4v) is 3.13. The first-order valence-corrected chi connectivity index (χ1v) is 8.88. The molecule has 150 valence electrons. The molecule has 27 heavy (non-hydrogen) atoms. The van der Waals surface area contributed by atoms with Gasteiger partial charge in [0, 0.05) is 21.9 Å². The van der Waals surface area contributed by atoms with Crippen molar-refractivity contribution in [1.29, 1.82) is 0 Å². The summed E-state index contributed by atoms with van der Waals surface area (Å²) < 4.78 is 23.9. The number of carbonyl (C=O) groups is 3. The molecule has 0 aliphatic carbocycles. The molecular weight excluding hydrogens is 379 g/mol. The van der Waals surface area contributed by atoms with Gasteiger partial charge in [0.1, 0.15) is 17.5 Å². The van der Waals surface area contributed by atoms with Gasteiger partial charge in [-0.05, 0) is 33.8 Å². The SMILES string of the molecule is COC(=O)c1cc(N)c(SC[C@H](NC(=O)OC(C)(C)C)C(=O)O)c(C)c1F. The summed E-state index contributed by atoms with van der Waals surface area (Å²) in [6.07, 6.45) is -0.882. The van der Waals surface area contributed by atoms with Gasteiger partial charge in [-0.2, -0.15) is 0 Å². The normalized spacial score (nSPS) is 12.2. The van der Waals surface area contributed by atoms with Crippen LogP contribution in [-0.4, -0.2) is 47.6 Å². The highest BCUT2D eigenvalue weighted by Gasteiger charge is 2.26. The van der Waals surface area contributed by atoms with Crippen molar-refractivity contribution in [2.75, 3.05) is 18.6 Å². The van der Waals surface area contributed by atoms with Crippen molar-refractivity contribution in [2.45, 2.75) is 44.2 Å². The molecule has 0 aliphatic heterocycles. The molecule has 0 saturated carbocycles. The van der Waals surface area contributed by atoms with E-state index in [0.29, 0.717) is 0 Å². The number of carboxylic acid groups (broad SMARTS) is 1. The summed E-state index contributed by atoms with van der Waals surface area (Å²) in [5, 5.41) is 11.5. The topological polar surface area (TPSA) is 128 Å². The molecule has 0 heterocycles. The molecule has 0 bridgehead atoms. The van der Waals surface area contributed by atoms with E-state index in [4.69, 9.17) is 10.5 Å². The summed E-state index contributed by atoms with van der Waals surface area (Å²) >= 11 is 0.944. The summed E-state index contributed by atoms with van der Waals surface area (Å²) in [5.41, 5.74) is 4.97. The molecule has 0 fully saturated rings. The molecule has 0 unspecified atom stereocenters. The maximum Gasteiger partial charge on any atom is 0.408 e. The maximum absolute atomic E-state index is 14.4. The molecule has 0 spiro atoms. The lowest BCUT2D eigenvalue weighted by molar-refractivity contribution is -0.138. The number of thioether (sulfide) groups is 1. The zero-order valence-corrected chi connectivity index (χ0v) is 16.5. The highest BCUT2D eigenvalue weighted by atomic mass is 32.2. The third-order valence-corrected chi connectivity index (χ3v) is 4.59. The average Bonchev–Trinajstić information content (AvgIpc) is 2.54. The molecular formula is C17H23FN2O6S. The van der Waals surface area contributed by atoms with Gasteiger partial charge in [0.25, 0.3) is 0 Å². The van der Waals surface area contributed by atoms with Crippen molar-refractivity contribution in [3.05, 3.63) is 23.0 Å². The summed E-state index contributed by atoms with van der Waals surface area (Å²) in [6, 6.07) is -0.153. The second kappa shape index (κ2) is 8.94. The van der Waals surface area contributed by atoms with Gasteiger partial charge in [-0.1, -0.05) is 0 Å². The lowest BCUT2D eigenvalue weighted by Crippen LogP contribution is -2.44. The van der Waals surface area contributed by atoms with Crippen LogP contribution in [0.1, 0.15) is 36.7 Å². The number of anilines is 1. The Hall–Kier alpha value is -2.49. The predicted molar refractivity (Wildman–Crippen MR) is 98.4 cm³/mol. The van der Waals surface area contributed by atoms with E-state index in [1.54, 1.807) is 20.8 Å². The van der Waals surface area contributed by atoms with Crippen LogP contribution in [0.3, 0.4) is 0 Å². The summed E-state index contributed by atoms with van der Waals surface area (Å²) in [5.74, 6) is -3.08. The zero-order valence-electron chi connectivity index (χ0n) is 15.7. The lowest BCUT2D eigenvalue weighted by atomic mass is 10.1. The highest BCUT2D eigenvalue weighted by Crippen LogP contribution is 2.33. The molecule has 0 radical (unpaired) electrons. The van der Waals surface area contributed by atoms with Crippen molar-refractivity contribution < 1.29 is 33.4 Å². The van der Waals surface area contributed by atoms with Gasteiger partial charge in [-0.15, -0.1) is 11.8 Å². The van der Waals surface area contributed by atoms with E-state index in [1.165, 1.54) is 6.92 Å². The fraction of sp³-hybridized carbons (Fsp3) is 0.471. The average molecular weight is 402 g/mol. The number of amides is 1. The zero-order chi connectivity index (χ0) is 20.9. The molecule has 0 saturated heterocycles. The van der Waals surface area contributed by atoms with Gasteiger partial charge >= 0.3 is 18.0 Å². The van der Waals surface area contributed by atoms with Crippen LogP contribution in [0.4, 0.5) is 14.9 Å². The number of alkyl carbamates (subject to hydrolysis) is 1. The van der Waals surface area contributed by atoms with Crippen LogP contribution >= 0.6 is 11.8 Å². The van der Waals surface area contributed by atoms with Crippen LogP contribution < -0.4 is 11.1 Å². The van der Waals surface area contributed by atoms with E-state index in [2.05, 4.69) is 10.1 Å². The van der Waals surface area contributed by atoms with E-state index in [9.17, 15) is 23.9 Å². The molecule has 1 aromatic carbocycles. The lowest BCUT2D eigenvalue weighted by Gasteiger charge is -2.22. The maximum atomic E-state index is 14.4. The number of ether oxygens (including phenoxy) is 2. The monoisotopic (exact) mass is 402 g/mol. The fourth-order valence-electron chi connectivity index (χ4n) is 2.04. The predicted octanol–water partition coefficient (Wildman–Crippen LogP) is 2.57. The minimum absolute atomic E-state index is 0.0850. The van der Waals surface area contributed by atoms with Crippen LogP contribution in [0.2, 0.25) is 0 Å². The van der Waals surface area contributed by atoms with Crippen molar-refractivity contribution >= 4 is 35.5 Å². The Kier molecular flexibility index (Phi) is 7.46. The molecule has 10 heteroatoms. The van der Waals surface area contributed by atoms with Crippen molar-refractivity contribution in [1.82, 2.24) is 5.32 Å². The summed E-state index contributed by atoms with van der Waals surface area (Å²) in [4.78, 5) is 35.0. The second-order valence-electron chi connectivity index (χ2n) is 6.62. The number of nitrogen functional groups attached to an aromatic ring is 1. The van der Waals surface area contributed by atoms with Crippen LogP contribution in [0.5, 0.6) is 0 Å². The number of carboxylic acids is 1. The molecule has 1 atom stereocenters. The van der Waals surface area contributed by atoms with Crippen molar-refractivity contribution in [3.8, 4) is 0 Å². The van der Waals surface area contributed by atoms with E-state index in [1.807, 2.05) is 0 Å². The van der Waals surface area contributed by atoms with Gasteiger partial charge < -0.3 is 25.6 Å². The number of benzene rings is 1. The number of nitrogens with one attached hydrogen (secondary N) is 1. The standard InChI is InChI=1S/C17H23FN2O6S/c1-8-12(18)9(15(23)25-5)6-10(19)13(8)27-7-11(14(21)22)20-16(24)26-17(2,3)4/h6,11H,7,19H2,1-5H3,(H,20,24)(H,21,22)/t11-/m0/s1. The number of nitrogens with two attached hydrogens (primary N) is 1. The Morgan fingerprint density at radius 3 is 2.44 bits per heavy atom. The van der Waals surface area contributed by atoms with Crippen molar-refractivity contribution in [2.24, 2.45) is 0 Å². The van der Waals surface area contributed by atoms with E-state index < -0.39 is 35.5 Å². The largest absolute Gasteiger partial charge is 0.480 e. The number of carbonyl (C=O) groups excluding carboxylic acids is 2. The van der Waals surface area contributed by atoms with Gasteiger partial charge in [0.2, 0.25) is 0 Å². The second-order valence-corrected chi connectivity index (χ2v) is 7.65. The molecule has 0 aliphatic rings. The number of hydrogen-bond donors (Lipinski definition) is 3. The van der Waals surface area contributed by atoms with E-state index in [0.717, 1.165) is 24.9 Å². The van der Waals surface area contributed by atoms with E-state index >= 15 is 0 Å². The molecule has 4 N–H and O–H groups in total. The number of methoxy groups -OCH3 is 1. The Morgan fingerprint density at radius 2 is 1.96 bits per heavy atom. The van der Waals surface area contributed by atoms with Gasteiger partial charge in [-0.3, -0.25) is 0 Å². The Morgan fingerprint density at radius 1 is 1.37 bits per heavy atom. The molecule has 0 aromatic heterocycles. The minimum atomic E-state index is -1.29. The van der Waals surface area contributed by atoms with Gasteiger partial charge in [-0.25, -0.2) is 18.8 Å². The van der Waals surface area contributed by atoms with Crippen LogP contribution in [0.25, 0.3) is 0 Å². The number of esters is 1. The van der Waals surface area contributed by atoms with Crippen molar-refractivity contribution in [3.63, 3.8) is 0 Å². The van der Waals surface area contributed by atoms with Gasteiger partial charge in [0.05, 0.1) is 12.7 Å². The van der Waals surface area contributed by atoms with Crippen LogP contribution in [0.15, 0.2) is 11.0 Å².